The number of ketones is 1. The first kappa shape index (κ1) is 21.8. The van der Waals surface area contributed by atoms with Gasteiger partial charge < -0.3 is 10.1 Å². The molecule has 0 fully saturated rings. The van der Waals surface area contributed by atoms with Crippen LogP contribution in [0.3, 0.4) is 0 Å². The van der Waals surface area contributed by atoms with Crippen LogP contribution in [0.4, 0.5) is 0 Å². The van der Waals surface area contributed by atoms with Crippen molar-refractivity contribution in [3.05, 3.63) is 77.7 Å². The summed E-state index contributed by atoms with van der Waals surface area (Å²) in [7, 11) is 0. The van der Waals surface area contributed by atoms with Crippen LogP contribution in [0.15, 0.2) is 60.5 Å². The average Bonchev–Trinajstić information content (AvgIpc) is 2.53. The number of aliphatic hydroxyl groups is 1. The number of aromatic nitrogens is 1. The van der Waals surface area contributed by atoms with E-state index in [4.69, 9.17) is 5.11 Å². The first-order valence-electron chi connectivity index (χ1n) is 8.08. The molecule has 1 aromatic heterocycles. The van der Waals surface area contributed by atoms with E-state index in [1.807, 2.05) is 18.3 Å². The molecule has 26 heavy (non-hydrogen) atoms. The molecule has 0 aliphatic rings. The number of carbonyl (C=O) groups is 1. The molecule has 4 heteroatoms. The van der Waals surface area contributed by atoms with E-state index in [1.54, 1.807) is 0 Å². The predicted octanol–water partition coefficient (Wildman–Crippen LogP) is 5.35. The van der Waals surface area contributed by atoms with Gasteiger partial charge in [-0.3, -0.25) is 4.79 Å². The Hall–Kier alpha value is -2.29. The maximum atomic E-state index is 10.0. The van der Waals surface area contributed by atoms with Gasteiger partial charge in [0, 0.05) is 32.4 Å². The molecule has 3 rings (SSSR count). The molecule has 137 valence electrons. The number of allylic oxidation sites excluding steroid dienone is 2. The van der Waals surface area contributed by atoms with Gasteiger partial charge in [-0.1, -0.05) is 30.7 Å². The summed E-state index contributed by atoms with van der Waals surface area (Å²) in [5, 5.41) is 10.8. The molecule has 0 amide bonds. The van der Waals surface area contributed by atoms with Gasteiger partial charge >= 0.3 is 0 Å². The molecule has 0 spiro atoms. The van der Waals surface area contributed by atoms with Crippen molar-refractivity contribution in [1.29, 1.82) is 0 Å². The Kier molecular flexibility index (Phi) is 8.37. The summed E-state index contributed by atoms with van der Waals surface area (Å²) in [4.78, 5) is 14.5. The number of hydrogen-bond donors (Lipinski definition) is 1. The van der Waals surface area contributed by atoms with Gasteiger partial charge in [-0.05, 0) is 43.3 Å². The zero-order valence-corrected chi connectivity index (χ0v) is 17.7. The minimum Gasteiger partial charge on any atom is -0.512 e. The Morgan fingerprint density at radius 1 is 1.08 bits per heavy atom. The van der Waals surface area contributed by atoms with E-state index >= 15 is 0 Å². The van der Waals surface area contributed by atoms with Gasteiger partial charge in [-0.25, -0.2) is 0 Å². The maximum absolute atomic E-state index is 10.0. The predicted molar refractivity (Wildman–Crippen MR) is 103 cm³/mol. The topological polar surface area (TPSA) is 50.2 Å². The molecule has 3 aromatic rings. The zero-order valence-electron chi connectivity index (χ0n) is 15.3. The number of carbonyl (C=O) groups excluding carboxylic acids is 1. The Morgan fingerprint density at radius 2 is 1.77 bits per heavy atom. The van der Waals surface area contributed by atoms with Crippen LogP contribution in [0, 0.1) is 19.9 Å². The standard InChI is InChI=1S/C17H14N.C5H8O2.Ir/c1-12-4-3-5-15(10-12)17-16-11-13(2)6-7-14(16)8-9-18-17;1-4(6)3-5(2)7;/h3-4,6-11H,1-2H3;3,6H,1-2H3;/q-1;;/b;4-3-;. The molecule has 0 saturated carbocycles. The fraction of sp³-hybridized carbons (Fsp3) is 0.182. The quantitative estimate of drug-likeness (QED) is 0.279. The third kappa shape index (κ3) is 6.21. The van der Waals surface area contributed by atoms with E-state index < -0.39 is 0 Å². The van der Waals surface area contributed by atoms with Gasteiger partial charge in [0.2, 0.25) is 0 Å². The molecule has 0 unspecified atom stereocenters. The van der Waals surface area contributed by atoms with Crippen molar-refractivity contribution < 1.29 is 30.0 Å². The minimum atomic E-state index is -0.125. The second kappa shape index (κ2) is 10.0. The van der Waals surface area contributed by atoms with E-state index in [9.17, 15) is 4.79 Å². The summed E-state index contributed by atoms with van der Waals surface area (Å²) in [5.41, 5.74) is 4.56. The molecule has 2 aromatic carbocycles. The van der Waals surface area contributed by atoms with Crippen LogP contribution in [0.2, 0.25) is 0 Å². The van der Waals surface area contributed by atoms with Crippen molar-refractivity contribution in [1.82, 2.24) is 4.98 Å². The number of rotatable bonds is 2. The molecule has 0 atom stereocenters. The largest absolute Gasteiger partial charge is 0.512 e. The van der Waals surface area contributed by atoms with Gasteiger partial charge in [0.25, 0.3) is 0 Å². The molecule has 0 saturated heterocycles. The maximum Gasteiger partial charge on any atom is 0.155 e. The first-order chi connectivity index (χ1) is 11.9. The molecule has 1 radical (unpaired) electrons. The van der Waals surface area contributed by atoms with E-state index in [0.717, 1.165) is 11.3 Å². The van der Waals surface area contributed by atoms with Crippen molar-refractivity contribution in [3.63, 3.8) is 0 Å². The van der Waals surface area contributed by atoms with Gasteiger partial charge in [0.1, 0.15) is 0 Å². The number of aliphatic hydroxyl groups excluding tert-OH is 1. The Bertz CT molecular complexity index is 928. The Balaban J connectivity index is 0.000000366. The molecule has 3 nitrogen and oxygen atoms in total. The van der Waals surface area contributed by atoms with Gasteiger partial charge in [0.15, 0.2) is 5.78 Å². The summed E-state index contributed by atoms with van der Waals surface area (Å²) < 4.78 is 0. The fourth-order valence-electron chi connectivity index (χ4n) is 2.51. The van der Waals surface area contributed by atoms with Crippen molar-refractivity contribution in [2.45, 2.75) is 27.7 Å². The van der Waals surface area contributed by atoms with Crippen LogP contribution in [-0.4, -0.2) is 15.9 Å². The number of hydrogen-bond acceptors (Lipinski definition) is 3. The number of pyridine rings is 1. The van der Waals surface area contributed by atoms with Crippen molar-refractivity contribution in [2.24, 2.45) is 0 Å². The number of aryl methyl sites for hydroxylation is 2. The van der Waals surface area contributed by atoms with E-state index in [2.05, 4.69) is 55.2 Å². The van der Waals surface area contributed by atoms with Gasteiger partial charge in [0.05, 0.1) is 5.76 Å². The summed E-state index contributed by atoms with van der Waals surface area (Å²) >= 11 is 0. The SMILES string of the molecule is CC(=O)/C=C(/C)O.Cc1cc[c-]c(-c2nccc3ccc(C)cc23)c1.[Ir]. The smallest absolute Gasteiger partial charge is 0.155 e. The molecular formula is C22H22IrNO2-. The van der Waals surface area contributed by atoms with E-state index in [-0.39, 0.29) is 31.6 Å². The normalized spacial score (nSPS) is 10.5. The number of benzene rings is 2. The van der Waals surface area contributed by atoms with Crippen LogP contribution < -0.4 is 0 Å². The van der Waals surface area contributed by atoms with Crippen molar-refractivity contribution >= 4 is 16.6 Å². The van der Waals surface area contributed by atoms with E-state index in [1.165, 1.54) is 41.8 Å². The average molecular weight is 525 g/mol. The Morgan fingerprint density at radius 3 is 2.35 bits per heavy atom. The monoisotopic (exact) mass is 525 g/mol. The summed E-state index contributed by atoms with van der Waals surface area (Å²) in [6.45, 7) is 7.05. The van der Waals surface area contributed by atoms with E-state index in [0.29, 0.717) is 0 Å². The summed E-state index contributed by atoms with van der Waals surface area (Å²) in [6, 6.07) is 17.9. The third-order valence-corrected chi connectivity index (χ3v) is 3.55. The van der Waals surface area contributed by atoms with Crippen molar-refractivity contribution in [3.8, 4) is 11.3 Å². The molecule has 0 aliphatic heterocycles. The molecule has 1 heterocycles. The van der Waals surface area contributed by atoms with Crippen LogP contribution in [0.5, 0.6) is 0 Å². The van der Waals surface area contributed by atoms with Gasteiger partial charge in [-0.15, -0.1) is 35.4 Å². The number of nitrogens with zero attached hydrogens (tertiary/aromatic N) is 1. The number of fused-ring (bicyclic) bond motifs is 1. The van der Waals surface area contributed by atoms with Crippen LogP contribution in [0.25, 0.3) is 22.0 Å². The van der Waals surface area contributed by atoms with Gasteiger partial charge in [-0.2, -0.15) is 0 Å². The minimum absolute atomic E-state index is 0. The fourth-order valence-corrected chi connectivity index (χ4v) is 2.51. The zero-order chi connectivity index (χ0) is 18.4. The van der Waals surface area contributed by atoms with Crippen molar-refractivity contribution in [2.75, 3.05) is 0 Å². The van der Waals surface area contributed by atoms with Crippen LogP contribution >= 0.6 is 0 Å². The summed E-state index contributed by atoms with van der Waals surface area (Å²) in [5.74, 6) is -0.0625. The molecule has 0 bridgehead atoms. The molecule has 0 aliphatic carbocycles. The second-order valence-corrected chi connectivity index (χ2v) is 6.06. The molecular weight excluding hydrogens is 502 g/mol. The third-order valence-electron chi connectivity index (χ3n) is 3.55. The van der Waals surface area contributed by atoms with Crippen LogP contribution in [0.1, 0.15) is 25.0 Å². The summed E-state index contributed by atoms with van der Waals surface area (Å²) in [6.07, 6.45) is 3.03. The molecule has 1 N–H and O–H groups in total. The Labute approximate surface area is 168 Å². The first-order valence-corrected chi connectivity index (χ1v) is 8.08. The van der Waals surface area contributed by atoms with Crippen LogP contribution in [-0.2, 0) is 24.9 Å². The second-order valence-electron chi connectivity index (χ2n) is 6.06.